The number of hydrogen-bond acceptors (Lipinski definition) is 2. The summed E-state index contributed by atoms with van der Waals surface area (Å²) in [6, 6.07) is 0. The number of carbonyl (C=O) groups is 2. The Labute approximate surface area is 120 Å². The molecule has 0 aromatic heterocycles. The highest BCUT2D eigenvalue weighted by atomic mass is 16.4. The van der Waals surface area contributed by atoms with Gasteiger partial charge in [-0.3, -0.25) is 9.59 Å². The monoisotopic (exact) mass is 280 g/mol. The Morgan fingerprint density at radius 2 is 1.65 bits per heavy atom. The molecule has 112 valence electrons. The molecular weight excluding hydrogens is 256 g/mol. The van der Waals surface area contributed by atoms with Crippen LogP contribution in [0.2, 0.25) is 0 Å². The summed E-state index contributed by atoms with van der Waals surface area (Å²) in [4.78, 5) is 20.9. The van der Waals surface area contributed by atoms with Crippen LogP contribution in [-0.4, -0.2) is 22.2 Å². The molecule has 2 aliphatic carbocycles. The first-order valence-electron chi connectivity index (χ1n) is 7.17. The summed E-state index contributed by atoms with van der Waals surface area (Å²) < 4.78 is 0. The molecule has 2 N–H and O–H groups in total. The molecule has 4 heteroatoms. The summed E-state index contributed by atoms with van der Waals surface area (Å²) in [5.41, 5.74) is 2.55. The van der Waals surface area contributed by atoms with E-state index in [9.17, 15) is 9.59 Å². The highest BCUT2D eigenvalue weighted by molar-refractivity contribution is 5.70. The summed E-state index contributed by atoms with van der Waals surface area (Å²) in [6.07, 6.45) is 9.14. The highest BCUT2D eigenvalue weighted by Gasteiger charge is 2.19. The van der Waals surface area contributed by atoms with Gasteiger partial charge >= 0.3 is 11.9 Å². The smallest absolute Gasteiger partial charge is 0.306 e. The van der Waals surface area contributed by atoms with Crippen LogP contribution in [0.25, 0.3) is 0 Å². The third-order valence-electron chi connectivity index (χ3n) is 3.91. The molecule has 20 heavy (non-hydrogen) atoms. The van der Waals surface area contributed by atoms with Crippen molar-refractivity contribution in [2.24, 2.45) is 11.8 Å². The van der Waals surface area contributed by atoms with Crippen molar-refractivity contribution in [3.63, 3.8) is 0 Å². The van der Waals surface area contributed by atoms with Gasteiger partial charge in [0.15, 0.2) is 0 Å². The second-order valence-electron chi connectivity index (χ2n) is 5.73. The van der Waals surface area contributed by atoms with Crippen molar-refractivity contribution < 1.29 is 19.8 Å². The molecule has 0 spiro atoms. The zero-order valence-electron chi connectivity index (χ0n) is 12.3. The molecule has 2 aliphatic rings. The van der Waals surface area contributed by atoms with Gasteiger partial charge in [0.05, 0.1) is 11.8 Å². The number of rotatable bonds is 2. The Hall–Kier alpha value is -1.58. The third kappa shape index (κ3) is 5.59. The number of carboxylic acids is 2. The van der Waals surface area contributed by atoms with Gasteiger partial charge in [-0.2, -0.15) is 0 Å². The Morgan fingerprint density at radius 1 is 1.00 bits per heavy atom. The van der Waals surface area contributed by atoms with Crippen LogP contribution in [-0.2, 0) is 9.59 Å². The van der Waals surface area contributed by atoms with Crippen molar-refractivity contribution in [2.75, 3.05) is 0 Å². The second kappa shape index (κ2) is 7.88. The molecule has 0 radical (unpaired) electrons. The highest BCUT2D eigenvalue weighted by Crippen LogP contribution is 2.23. The summed E-state index contributed by atoms with van der Waals surface area (Å²) in [5.74, 6) is -1.54. The van der Waals surface area contributed by atoms with Gasteiger partial charge in [0.2, 0.25) is 0 Å². The summed E-state index contributed by atoms with van der Waals surface area (Å²) >= 11 is 0. The SMILES string of the molecule is CC1=CCC(C(=O)O)CC1.CC1=CCCC(C(=O)O)C1. The van der Waals surface area contributed by atoms with E-state index in [1.54, 1.807) is 0 Å². The molecule has 2 unspecified atom stereocenters. The van der Waals surface area contributed by atoms with Crippen LogP contribution in [0.3, 0.4) is 0 Å². The van der Waals surface area contributed by atoms with Crippen molar-refractivity contribution in [3.8, 4) is 0 Å². The Bertz CT molecular complexity index is 420. The minimum atomic E-state index is -0.649. The van der Waals surface area contributed by atoms with Gasteiger partial charge < -0.3 is 10.2 Å². The fraction of sp³-hybridized carbons (Fsp3) is 0.625. The first-order valence-corrected chi connectivity index (χ1v) is 7.17. The van der Waals surface area contributed by atoms with Crippen LogP contribution in [0.15, 0.2) is 23.3 Å². The number of hydrogen-bond donors (Lipinski definition) is 2. The van der Waals surface area contributed by atoms with Gasteiger partial charge in [-0.1, -0.05) is 23.3 Å². The summed E-state index contributed by atoms with van der Waals surface area (Å²) in [7, 11) is 0. The fourth-order valence-corrected chi connectivity index (χ4v) is 2.51. The van der Waals surface area contributed by atoms with E-state index in [1.165, 1.54) is 11.1 Å². The lowest BCUT2D eigenvalue weighted by Crippen LogP contribution is -2.16. The van der Waals surface area contributed by atoms with E-state index < -0.39 is 11.9 Å². The van der Waals surface area contributed by atoms with E-state index in [4.69, 9.17) is 10.2 Å². The molecule has 2 atom stereocenters. The minimum Gasteiger partial charge on any atom is -0.481 e. The number of allylic oxidation sites excluding steroid dienone is 4. The maximum absolute atomic E-state index is 10.5. The topological polar surface area (TPSA) is 74.6 Å². The van der Waals surface area contributed by atoms with Gasteiger partial charge in [-0.15, -0.1) is 0 Å². The van der Waals surface area contributed by atoms with Gasteiger partial charge in [-0.25, -0.2) is 0 Å². The van der Waals surface area contributed by atoms with Gasteiger partial charge in [0.25, 0.3) is 0 Å². The molecule has 4 nitrogen and oxygen atoms in total. The van der Waals surface area contributed by atoms with E-state index in [0.717, 1.165) is 38.5 Å². The first kappa shape index (κ1) is 16.5. The van der Waals surface area contributed by atoms with E-state index in [1.807, 2.05) is 13.0 Å². The number of carboxylic acid groups (broad SMARTS) is 2. The van der Waals surface area contributed by atoms with Crippen LogP contribution in [0.5, 0.6) is 0 Å². The maximum atomic E-state index is 10.5. The summed E-state index contributed by atoms with van der Waals surface area (Å²) in [5, 5.41) is 17.2. The lowest BCUT2D eigenvalue weighted by atomic mass is 9.90. The van der Waals surface area contributed by atoms with Crippen molar-refractivity contribution in [3.05, 3.63) is 23.3 Å². The first-order chi connectivity index (χ1) is 9.40. The van der Waals surface area contributed by atoms with Crippen LogP contribution in [0.4, 0.5) is 0 Å². The quantitative estimate of drug-likeness (QED) is 0.757. The predicted octanol–water partition coefficient (Wildman–Crippen LogP) is 3.63. The standard InChI is InChI=1S/2C8H12O2/c1-6-2-4-7(5-3-6)8(9)10;1-6-3-2-4-7(5-6)8(9)10/h2,7H,3-5H2,1H3,(H,9,10);3,7H,2,4-5H2,1H3,(H,9,10). The Kier molecular flexibility index (Phi) is 6.49. The van der Waals surface area contributed by atoms with Crippen LogP contribution >= 0.6 is 0 Å². The molecule has 0 bridgehead atoms. The van der Waals surface area contributed by atoms with E-state index in [0.29, 0.717) is 0 Å². The zero-order chi connectivity index (χ0) is 15.1. The molecule has 0 heterocycles. The normalized spacial score (nSPS) is 25.7. The van der Waals surface area contributed by atoms with Crippen molar-refractivity contribution in [1.82, 2.24) is 0 Å². The third-order valence-corrected chi connectivity index (χ3v) is 3.91. The van der Waals surface area contributed by atoms with Crippen molar-refractivity contribution >= 4 is 11.9 Å². The largest absolute Gasteiger partial charge is 0.481 e. The minimum absolute atomic E-state index is 0.120. The predicted molar refractivity (Wildman–Crippen MR) is 77.5 cm³/mol. The Morgan fingerprint density at radius 3 is 2.05 bits per heavy atom. The van der Waals surface area contributed by atoms with E-state index in [-0.39, 0.29) is 11.8 Å². The van der Waals surface area contributed by atoms with E-state index >= 15 is 0 Å². The van der Waals surface area contributed by atoms with Crippen molar-refractivity contribution in [1.29, 1.82) is 0 Å². The Balaban J connectivity index is 0.000000200. The molecule has 0 fully saturated rings. The molecule has 0 saturated heterocycles. The molecule has 0 aromatic rings. The van der Waals surface area contributed by atoms with Crippen LogP contribution in [0.1, 0.15) is 52.4 Å². The van der Waals surface area contributed by atoms with Crippen molar-refractivity contribution in [2.45, 2.75) is 52.4 Å². The fourth-order valence-electron chi connectivity index (χ4n) is 2.51. The average molecular weight is 280 g/mol. The average Bonchev–Trinajstić information content (AvgIpc) is 2.40. The molecule has 0 aliphatic heterocycles. The van der Waals surface area contributed by atoms with E-state index in [2.05, 4.69) is 13.0 Å². The zero-order valence-corrected chi connectivity index (χ0v) is 12.3. The molecular formula is C16H24O4. The summed E-state index contributed by atoms with van der Waals surface area (Å²) in [6.45, 7) is 4.05. The van der Waals surface area contributed by atoms with Crippen LogP contribution < -0.4 is 0 Å². The lowest BCUT2D eigenvalue weighted by molar-refractivity contribution is -0.143. The molecule has 2 rings (SSSR count). The van der Waals surface area contributed by atoms with Gasteiger partial charge in [-0.05, 0) is 52.4 Å². The van der Waals surface area contributed by atoms with Crippen LogP contribution in [0, 0.1) is 11.8 Å². The van der Waals surface area contributed by atoms with Gasteiger partial charge in [0, 0.05) is 0 Å². The second-order valence-corrected chi connectivity index (χ2v) is 5.73. The number of aliphatic carboxylic acids is 2. The lowest BCUT2D eigenvalue weighted by Gasteiger charge is -2.15. The maximum Gasteiger partial charge on any atom is 0.306 e. The molecule has 0 saturated carbocycles. The molecule has 0 amide bonds. The molecule has 0 aromatic carbocycles. The van der Waals surface area contributed by atoms with Gasteiger partial charge in [0.1, 0.15) is 0 Å².